The second-order valence-electron chi connectivity index (χ2n) is 6.36. The summed E-state index contributed by atoms with van der Waals surface area (Å²) >= 11 is 6.93. The van der Waals surface area contributed by atoms with Gasteiger partial charge in [-0.2, -0.15) is 0 Å². The number of nitrogens with zero attached hydrogens (tertiary/aromatic N) is 1. The zero-order valence-corrected chi connectivity index (χ0v) is 19.5. The number of carbonyl (C=O) groups excluding carboxylic acids is 2. The van der Waals surface area contributed by atoms with Crippen molar-refractivity contribution in [2.24, 2.45) is 0 Å². The van der Waals surface area contributed by atoms with Crippen molar-refractivity contribution in [2.45, 2.75) is 13.5 Å². The van der Waals surface area contributed by atoms with Crippen LogP contribution in [-0.2, 0) is 11.4 Å². The summed E-state index contributed by atoms with van der Waals surface area (Å²) in [5.74, 6) is 0.716. The van der Waals surface area contributed by atoms with E-state index in [0.717, 1.165) is 14.9 Å². The normalized spacial score (nSPS) is 14.8. The standard InChI is InChI=1S/C22H20Br2N2O4/c1-3-9-26-21(27)18(25-22(26)28)10-15-11-19(29-4-2)20(12-17(15)24)30-13-14-5-7-16(23)8-6-14/h3,5-8,10-12H,1,4,9,13H2,2H3,(H,25,28)/b18-10+. The van der Waals surface area contributed by atoms with E-state index < -0.39 is 11.9 Å². The third kappa shape index (κ3) is 5.12. The summed E-state index contributed by atoms with van der Waals surface area (Å²) in [4.78, 5) is 25.5. The fourth-order valence-electron chi connectivity index (χ4n) is 2.81. The van der Waals surface area contributed by atoms with Gasteiger partial charge in [-0.3, -0.25) is 9.69 Å². The molecule has 1 fully saturated rings. The lowest BCUT2D eigenvalue weighted by molar-refractivity contribution is -0.122. The summed E-state index contributed by atoms with van der Waals surface area (Å²) < 4.78 is 13.4. The van der Waals surface area contributed by atoms with E-state index in [-0.39, 0.29) is 12.2 Å². The maximum Gasteiger partial charge on any atom is 0.329 e. The Morgan fingerprint density at radius 2 is 1.80 bits per heavy atom. The van der Waals surface area contributed by atoms with E-state index in [4.69, 9.17) is 9.47 Å². The minimum atomic E-state index is -0.471. The van der Waals surface area contributed by atoms with Crippen molar-refractivity contribution in [3.63, 3.8) is 0 Å². The minimum Gasteiger partial charge on any atom is -0.490 e. The average Bonchev–Trinajstić information content (AvgIpc) is 2.98. The van der Waals surface area contributed by atoms with Crippen LogP contribution in [0, 0.1) is 0 Å². The summed E-state index contributed by atoms with van der Waals surface area (Å²) in [6, 6.07) is 10.9. The molecule has 0 aromatic heterocycles. The molecule has 0 spiro atoms. The van der Waals surface area contributed by atoms with Crippen LogP contribution in [0.1, 0.15) is 18.1 Å². The number of urea groups is 1. The molecule has 1 aliphatic rings. The summed E-state index contributed by atoms with van der Waals surface area (Å²) in [5, 5.41) is 2.59. The maximum absolute atomic E-state index is 12.4. The van der Waals surface area contributed by atoms with Crippen LogP contribution in [-0.4, -0.2) is 30.0 Å². The number of carbonyl (C=O) groups is 2. The molecule has 0 unspecified atom stereocenters. The van der Waals surface area contributed by atoms with Crippen LogP contribution >= 0.6 is 31.9 Å². The molecule has 0 radical (unpaired) electrons. The average molecular weight is 536 g/mol. The minimum absolute atomic E-state index is 0.149. The summed E-state index contributed by atoms with van der Waals surface area (Å²) in [5.41, 5.74) is 1.89. The molecule has 0 bridgehead atoms. The number of amides is 3. The third-order valence-electron chi connectivity index (χ3n) is 4.24. The van der Waals surface area contributed by atoms with E-state index in [1.807, 2.05) is 31.2 Å². The predicted molar refractivity (Wildman–Crippen MR) is 122 cm³/mol. The number of halogens is 2. The van der Waals surface area contributed by atoms with Gasteiger partial charge in [0.2, 0.25) is 0 Å². The van der Waals surface area contributed by atoms with Gasteiger partial charge < -0.3 is 14.8 Å². The Balaban J connectivity index is 1.85. The first-order chi connectivity index (χ1) is 14.4. The Kier molecular flexibility index (Phi) is 7.33. The molecule has 1 aliphatic heterocycles. The van der Waals surface area contributed by atoms with Crippen molar-refractivity contribution in [1.29, 1.82) is 0 Å². The molecule has 6 nitrogen and oxygen atoms in total. The molecule has 3 amide bonds. The van der Waals surface area contributed by atoms with Gasteiger partial charge in [-0.1, -0.05) is 50.1 Å². The van der Waals surface area contributed by atoms with Crippen LogP contribution in [0.25, 0.3) is 6.08 Å². The lowest BCUT2D eigenvalue weighted by Gasteiger charge is -2.14. The zero-order chi connectivity index (χ0) is 21.7. The number of rotatable bonds is 8. The molecule has 0 aliphatic carbocycles. The van der Waals surface area contributed by atoms with Crippen molar-refractivity contribution in [3.05, 3.63) is 74.8 Å². The third-order valence-corrected chi connectivity index (χ3v) is 5.46. The van der Waals surface area contributed by atoms with Crippen LogP contribution in [0.5, 0.6) is 11.5 Å². The summed E-state index contributed by atoms with van der Waals surface area (Å²) in [7, 11) is 0. The molecule has 30 heavy (non-hydrogen) atoms. The van der Waals surface area contributed by atoms with Gasteiger partial charge in [-0.15, -0.1) is 6.58 Å². The van der Waals surface area contributed by atoms with Crippen molar-refractivity contribution in [2.75, 3.05) is 13.2 Å². The molecule has 0 atom stereocenters. The Hall–Kier alpha value is -2.58. The van der Waals surface area contributed by atoms with Gasteiger partial charge >= 0.3 is 6.03 Å². The van der Waals surface area contributed by atoms with Gasteiger partial charge in [0.1, 0.15) is 12.3 Å². The molecule has 0 saturated carbocycles. The Morgan fingerprint density at radius 1 is 1.10 bits per heavy atom. The highest BCUT2D eigenvalue weighted by molar-refractivity contribution is 9.10. The smallest absolute Gasteiger partial charge is 0.329 e. The fourth-order valence-corrected chi connectivity index (χ4v) is 3.51. The van der Waals surface area contributed by atoms with Gasteiger partial charge in [-0.25, -0.2) is 4.79 Å². The highest BCUT2D eigenvalue weighted by Gasteiger charge is 2.32. The molecule has 3 rings (SSSR count). The van der Waals surface area contributed by atoms with Gasteiger partial charge in [0.15, 0.2) is 11.5 Å². The molecular formula is C22H20Br2N2O4. The first-order valence-corrected chi connectivity index (χ1v) is 10.8. The molecule has 1 heterocycles. The van der Waals surface area contributed by atoms with Crippen LogP contribution in [0.15, 0.2) is 63.7 Å². The van der Waals surface area contributed by atoms with Crippen LogP contribution in [0.2, 0.25) is 0 Å². The molecule has 8 heteroatoms. The summed E-state index contributed by atoms with van der Waals surface area (Å²) in [6.45, 7) is 6.43. The Bertz CT molecular complexity index is 1000. The van der Waals surface area contributed by atoms with E-state index in [1.165, 1.54) is 6.08 Å². The molecule has 2 aromatic rings. The number of benzene rings is 2. The van der Waals surface area contributed by atoms with Crippen molar-refractivity contribution in [1.82, 2.24) is 10.2 Å². The van der Waals surface area contributed by atoms with Crippen LogP contribution in [0.3, 0.4) is 0 Å². The van der Waals surface area contributed by atoms with Crippen LogP contribution in [0.4, 0.5) is 4.79 Å². The van der Waals surface area contributed by atoms with E-state index in [9.17, 15) is 9.59 Å². The van der Waals surface area contributed by atoms with Gasteiger partial charge in [0.25, 0.3) is 5.91 Å². The topological polar surface area (TPSA) is 67.9 Å². The largest absolute Gasteiger partial charge is 0.490 e. The van der Waals surface area contributed by atoms with Crippen molar-refractivity contribution < 1.29 is 19.1 Å². The van der Waals surface area contributed by atoms with E-state index in [2.05, 4.69) is 43.8 Å². The molecule has 156 valence electrons. The van der Waals surface area contributed by atoms with Crippen LogP contribution < -0.4 is 14.8 Å². The predicted octanol–water partition coefficient (Wildman–Crippen LogP) is 5.27. The molecule has 2 aromatic carbocycles. The maximum atomic E-state index is 12.4. The highest BCUT2D eigenvalue weighted by atomic mass is 79.9. The SMILES string of the molecule is C=CCN1C(=O)N/C(=C/c2cc(OCC)c(OCc3ccc(Br)cc3)cc2Br)C1=O. The van der Waals surface area contributed by atoms with Gasteiger partial charge in [0.05, 0.1) is 6.61 Å². The first kappa shape index (κ1) is 22.1. The Labute approximate surface area is 191 Å². The lowest BCUT2D eigenvalue weighted by Crippen LogP contribution is -2.30. The number of nitrogens with one attached hydrogen (secondary N) is 1. The number of imide groups is 1. The van der Waals surface area contributed by atoms with E-state index in [1.54, 1.807) is 18.2 Å². The molecular weight excluding hydrogens is 516 g/mol. The molecule has 1 N–H and O–H groups in total. The second kappa shape index (κ2) is 9.95. The van der Waals surface area contributed by atoms with E-state index >= 15 is 0 Å². The molecule has 1 saturated heterocycles. The van der Waals surface area contributed by atoms with Gasteiger partial charge in [-0.05, 0) is 48.4 Å². The quantitative estimate of drug-likeness (QED) is 0.284. The second-order valence-corrected chi connectivity index (χ2v) is 8.13. The number of ether oxygens (including phenoxy) is 2. The van der Waals surface area contributed by atoms with Gasteiger partial charge in [0, 0.05) is 15.5 Å². The highest BCUT2D eigenvalue weighted by Crippen LogP contribution is 2.35. The lowest BCUT2D eigenvalue weighted by atomic mass is 10.1. The first-order valence-electron chi connectivity index (χ1n) is 9.22. The number of hydrogen-bond donors (Lipinski definition) is 1. The van der Waals surface area contributed by atoms with Crippen molar-refractivity contribution in [3.8, 4) is 11.5 Å². The Morgan fingerprint density at radius 3 is 2.47 bits per heavy atom. The monoisotopic (exact) mass is 534 g/mol. The summed E-state index contributed by atoms with van der Waals surface area (Å²) in [6.07, 6.45) is 3.11. The van der Waals surface area contributed by atoms with Crippen molar-refractivity contribution >= 4 is 49.9 Å². The van der Waals surface area contributed by atoms with E-state index in [0.29, 0.717) is 34.7 Å². The zero-order valence-electron chi connectivity index (χ0n) is 16.3. The fraction of sp³-hybridized carbons (Fsp3) is 0.182. The number of hydrogen-bond acceptors (Lipinski definition) is 4.